The van der Waals surface area contributed by atoms with E-state index in [0.29, 0.717) is 23.7 Å². The Bertz CT molecular complexity index is 1470. The second kappa shape index (κ2) is 9.54. The second-order valence-corrected chi connectivity index (χ2v) is 12.6. The van der Waals surface area contributed by atoms with Gasteiger partial charge in [0.1, 0.15) is 11.6 Å². The van der Waals surface area contributed by atoms with Crippen molar-refractivity contribution in [1.29, 1.82) is 0 Å². The highest BCUT2D eigenvalue weighted by Crippen LogP contribution is 2.43. The maximum Gasteiger partial charge on any atom is 0.188 e. The molecule has 1 unspecified atom stereocenters. The molecule has 1 saturated heterocycles. The molecule has 0 radical (unpaired) electrons. The van der Waals surface area contributed by atoms with Gasteiger partial charge < -0.3 is 16.0 Å². The summed E-state index contributed by atoms with van der Waals surface area (Å²) in [6.45, 7) is 6.63. The van der Waals surface area contributed by atoms with Crippen molar-refractivity contribution in [2.45, 2.75) is 70.3 Å². The zero-order valence-corrected chi connectivity index (χ0v) is 22.8. The molecule has 4 aromatic heterocycles. The van der Waals surface area contributed by atoms with E-state index in [-0.39, 0.29) is 5.41 Å². The number of nitrogens with one attached hydrogen (secondary N) is 3. The molecule has 9 heteroatoms. The fraction of sp³-hybridized carbons (Fsp3) is 0.483. The smallest absolute Gasteiger partial charge is 0.188 e. The number of thiazole rings is 1. The first-order valence-electron chi connectivity index (χ1n) is 13.9. The summed E-state index contributed by atoms with van der Waals surface area (Å²) in [6, 6.07) is 4.31. The molecule has 38 heavy (non-hydrogen) atoms. The van der Waals surface area contributed by atoms with E-state index < -0.39 is 0 Å². The summed E-state index contributed by atoms with van der Waals surface area (Å²) in [7, 11) is 0. The normalized spacial score (nSPS) is 21.3. The van der Waals surface area contributed by atoms with Gasteiger partial charge in [0.15, 0.2) is 11.0 Å². The summed E-state index contributed by atoms with van der Waals surface area (Å²) < 4.78 is 0. The van der Waals surface area contributed by atoms with Crippen LogP contribution in [0.2, 0.25) is 0 Å². The van der Waals surface area contributed by atoms with Crippen molar-refractivity contribution in [3.05, 3.63) is 47.4 Å². The van der Waals surface area contributed by atoms with E-state index in [2.05, 4.69) is 45.1 Å². The van der Waals surface area contributed by atoms with Gasteiger partial charge in [-0.25, -0.2) is 19.9 Å². The Kier molecular flexibility index (Phi) is 6.00. The van der Waals surface area contributed by atoms with E-state index in [4.69, 9.17) is 15.0 Å². The minimum atomic E-state index is 0.111. The summed E-state index contributed by atoms with van der Waals surface area (Å²) in [4.78, 5) is 24.1. The average molecular weight is 527 g/mol. The maximum atomic E-state index is 5.18. The van der Waals surface area contributed by atoms with Crippen LogP contribution in [0.3, 0.4) is 0 Å². The fourth-order valence-corrected chi connectivity index (χ4v) is 6.43. The highest BCUT2D eigenvalue weighted by Gasteiger charge is 2.34. The number of piperidine rings is 1. The predicted octanol–water partition coefficient (Wildman–Crippen LogP) is 6.23. The molecule has 196 valence electrons. The molecule has 3 aliphatic rings. The molecule has 0 aromatic carbocycles. The Morgan fingerprint density at radius 2 is 1.92 bits per heavy atom. The van der Waals surface area contributed by atoms with E-state index in [1.54, 1.807) is 11.3 Å². The first-order valence-corrected chi connectivity index (χ1v) is 14.7. The van der Waals surface area contributed by atoms with Crippen molar-refractivity contribution in [2.24, 2.45) is 5.41 Å². The number of anilines is 3. The van der Waals surface area contributed by atoms with Crippen LogP contribution in [-0.2, 0) is 0 Å². The summed E-state index contributed by atoms with van der Waals surface area (Å²) in [5.41, 5.74) is 4.40. The van der Waals surface area contributed by atoms with Crippen LogP contribution in [0.15, 0.2) is 36.1 Å². The zero-order valence-electron chi connectivity index (χ0n) is 22.0. The van der Waals surface area contributed by atoms with Gasteiger partial charge in [0.2, 0.25) is 0 Å². The van der Waals surface area contributed by atoms with E-state index in [1.165, 1.54) is 43.4 Å². The van der Waals surface area contributed by atoms with Crippen LogP contribution in [0.5, 0.6) is 0 Å². The van der Waals surface area contributed by atoms with Crippen molar-refractivity contribution in [2.75, 3.05) is 23.7 Å². The van der Waals surface area contributed by atoms with Crippen LogP contribution < -0.4 is 16.0 Å². The number of fused-ring (bicyclic) bond motifs is 1. The van der Waals surface area contributed by atoms with Gasteiger partial charge in [0.05, 0.1) is 17.4 Å². The molecule has 0 spiro atoms. The minimum absolute atomic E-state index is 0.111. The molecule has 1 atom stereocenters. The molecular weight excluding hydrogens is 492 g/mol. The first-order chi connectivity index (χ1) is 18.5. The lowest BCUT2D eigenvalue weighted by molar-refractivity contribution is 0.236. The summed E-state index contributed by atoms with van der Waals surface area (Å²) in [5, 5.41) is 15.0. The number of hydrogen-bond donors (Lipinski definition) is 3. The Morgan fingerprint density at radius 3 is 2.71 bits per heavy atom. The summed E-state index contributed by atoms with van der Waals surface area (Å²) in [5.74, 6) is 3.54. The largest absolute Gasteiger partial charge is 0.366 e. The van der Waals surface area contributed by atoms with E-state index in [0.717, 1.165) is 52.7 Å². The van der Waals surface area contributed by atoms with Crippen LogP contribution >= 0.6 is 11.3 Å². The summed E-state index contributed by atoms with van der Waals surface area (Å²) >= 11 is 1.63. The molecule has 0 amide bonds. The third-order valence-corrected chi connectivity index (χ3v) is 9.17. The molecular formula is C29H34N8S. The van der Waals surface area contributed by atoms with E-state index in [1.807, 2.05) is 30.7 Å². The van der Waals surface area contributed by atoms with Gasteiger partial charge in [-0.05, 0) is 67.7 Å². The van der Waals surface area contributed by atoms with Gasteiger partial charge in [-0.1, -0.05) is 20.3 Å². The third-order valence-electron chi connectivity index (χ3n) is 8.40. The van der Waals surface area contributed by atoms with Crippen molar-refractivity contribution in [3.8, 4) is 11.4 Å². The van der Waals surface area contributed by atoms with Gasteiger partial charge in [-0.2, -0.15) is 0 Å². The fourth-order valence-electron chi connectivity index (χ4n) is 5.63. The molecule has 8 nitrogen and oxygen atoms in total. The van der Waals surface area contributed by atoms with Crippen molar-refractivity contribution in [3.63, 3.8) is 0 Å². The van der Waals surface area contributed by atoms with Crippen molar-refractivity contribution in [1.82, 2.24) is 30.2 Å². The van der Waals surface area contributed by atoms with E-state index in [9.17, 15) is 0 Å². The molecule has 2 saturated carbocycles. The van der Waals surface area contributed by atoms with Crippen LogP contribution in [0.1, 0.15) is 75.5 Å². The van der Waals surface area contributed by atoms with Crippen molar-refractivity contribution >= 4 is 39.0 Å². The molecule has 7 rings (SSSR count). The lowest BCUT2D eigenvalue weighted by atomic mass is 9.78. The molecule has 2 aliphatic carbocycles. The van der Waals surface area contributed by atoms with Gasteiger partial charge >= 0.3 is 0 Å². The molecule has 1 aliphatic heterocycles. The number of aromatic nitrogens is 5. The molecule has 3 N–H and O–H groups in total. The van der Waals surface area contributed by atoms with E-state index >= 15 is 0 Å². The first kappa shape index (κ1) is 23.9. The maximum absolute atomic E-state index is 5.18. The predicted molar refractivity (Wildman–Crippen MR) is 153 cm³/mol. The number of rotatable bonds is 7. The van der Waals surface area contributed by atoms with Gasteiger partial charge in [-0.15, -0.1) is 11.3 Å². The number of nitrogens with zero attached hydrogens (tertiary/aromatic N) is 5. The number of pyridine rings is 2. The summed E-state index contributed by atoms with van der Waals surface area (Å²) in [6.07, 6.45) is 13.0. The average Bonchev–Trinajstić information content (AvgIpc) is 3.63. The quantitative estimate of drug-likeness (QED) is 0.260. The molecule has 5 heterocycles. The Balaban J connectivity index is 1.27. The lowest BCUT2D eigenvalue weighted by Gasteiger charge is -2.40. The zero-order chi connectivity index (χ0) is 25.7. The highest BCUT2D eigenvalue weighted by atomic mass is 32.1. The highest BCUT2D eigenvalue weighted by molar-refractivity contribution is 7.13. The third kappa shape index (κ3) is 4.62. The molecule has 3 fully saturated rings. The lowest BCUT2D eigenvalue weighted by Crippen LogP contribution is -2.49. The van der Waals surface area contributed by atoms with Gasteiger partial charge in [-0.3, -0.25) is 4.98 Å². The Hall–Kier alpha value is -3.17. The standard InChI is InChI=1S/C29H34N8S/c1-29(2)16-30-10-9-23(29)35-27-25-20(17-4-3-5-17)13-31-14-21(25)33-26(37-27)19-8-11-32-24(12-19)36-28-34-22(15-38-28)18-6-7-18/h8,11-15,17-18,23,30H,3-7,9-10,16H2,1-2H3,(H,32,34,36)(H,33,35,37). The second-order valence-electron chi connectivity index (χ2n) is 11.7. The van der Waals surface area contributed by atoms with Gasteiger partial charge in [0, 0.05) is 47.2 Å². The van der Waals surface area contributed by atoms with Crippen LogP contribution in [0.4, 0.5) is 16.8 Å². The molecule has 4 aromatic rings. The molecule has 0 bridgehead atoms. The van der Waals surface area contributed by atoms with Crippen LogP contribution in [0.25, 0.3) is 22.3 Å². The Labute approximate surface area is 227 Å². The number of hydrogen-bond acceptors (Lipinski definition) is 9. The minimum Gasteiger partial charge on any atom is -0.366 e. The monoisotopic (exact) mass is 526 g/mol. The Morgan fingerprint density at radius 1 is 1.03 bits per heavy atom. The van der Waals surface area contributed by atoms with Crippen LogP contribution in [0, 0.1) is 5.41 Å². The van der Waals surface area contributed by atoms with Gasteiger partial charge in [0.25, 0.3) is 0 Å². The topological polar surface area (TPSA) is 101 Å². The van der Waals surface area contributed by atoms with Crippen LogP contribution in [-0.4, -0.2) is 44.1 Å². The van der Waals surface area contributed by atoms with Crippen molar-refractivity contribution < 1.29 is 0 Å². The SMILES string of the molecule is CC1(C)CNCCC1Nc1nc(-c2ccnc(Nc3nc(C4CC4)cs3)c2)nc2cncc(C3CCC3)c12.